The van der Waals surface area contributed by atoms with E-state index in [1.54, 1.807) is 0 Å². The third-order valence-corrected chi connectivity index (χ3v) is 3.93. The van der Waals surface area contributed by atoms with E-state index in [0.29, 0.717) is 6.04 Å². The van der Waals surface area contributed by atoms with Crippen LogP contribution in [0.15, 0.2) is 0 Å². The van der Waals surface area contributed by atoms with Gasteiger partial charge in [0.2, 0.25) is 0 Å². The van der Waals surface area contributed by atoms with Gasteiger partial charge < -0.3 is 14.8 Å². The lowest BCUT2D eigenvalue weighted by Crippen LogP contribution is -2.40. The molecule has 1 saturated carbocycles. The smallest absolute Gasteiger partial charge is 0.158 e. The van der Waals surface area contributed by atoms with E-state index in [-0.39, 0.29) is 6.29 Å². The number of ether oxygens (including phenoxy) is 2. The third-order valence-electron chi connectivity index (χ3n) is 3.93. The first-order valence-corrected chi connectivity index (χ1v) is 7.78. The van der Waals surface area contributed by atoms with Crippen LogP contribution in [0.4, 0.5) is 0 Å². The molecule has 0 spiro atoms. The number of rotatable bonds is 9. The van der Waals surface area contributed by atoms with E-state index in [4.69, 9.17) is 9.47 Å². The molecule has 1 N–H and O–H groups in total. The van der Waals surface area contributed by atoms with Gasteiger partial charge in [0.15, 0.2) is 6.29 Å². The Labute approximate surface area is 113 Å². The zero-order chi connectivity index (χ0) is 13.2. The highest BCUT2D eigenvalue weighted by atomic mass is 16.7. The van der Waals surface area contributed by atoms with Crippen molar-refractivity contribution in [3.8, 4) is 0 Å². The third kappa shape index (κ3) is 5.68. The molecule has 1 rings (SSSR count). The van der Waals surface area contributed by atoms with Gasteiger partial charge in [0.1, 0.15) is 0 Å². The van der Waals surface area contributed by atoms with Crippen LogP contribution in [0.25, 0.3) is 0 Å². The van der Waals surface area contributed by atoms with E-state index >= 15 is 0 Å². The van der Waals surface area contributed by atoms with Crippen molar-refractivity contribution in [3.05, 3.63) is 0 Å². The van der Waals surface area contributed by atoms with E-state index in [1.165, 1.54) is 32.1 Å². The predicted octanol–water partition coefficient (Wildman–Crippen LogP) is 3.33. The lowest BCUT2D eigenvalue weighted by molar-refractivity contribution is -0.139. The second-order valence-corrected chi connectivity index (χ2v) is 5.14. The Balaban J connectivity index is 2.21. The van der Waals surface area contributed by atoms with Crippen LogP contribution in [0.2, 0.25) is 0 Å². The fraction of sp³-hybridized carbons (Fsp3) is 1.00. The van der Waals surface area contributed by atoms with Crippen LogP contribution in [0.5, 0.6) is 0 Å². The molecule has 108 valence electrons. The number of hydrogen-bond donors (Lipinski definition) is 1. The molecule has 3 heteroatoms. The Bertz CT molecular complexity index is 193. The van der Waals surface area contributed by atoms with Crippen LogP contribution < -0.4 is 5.32 Å². The molecule has 2 unspecified atom stereocenters. The number of nitrogens with one attached hydrogen (secondary N) is 1. The van der Waals surface area contributed by atoms with Gasteiger partial charge in [0, 0.05) is 32.2 Å². The summed E-state index contributed by atoms with van der Waals surface area (Å²) in [5.41, 5.74) is 0. The van der Waals surface area contributed by atoms with E-state index in [9.17, 15) is 0 Å². The van der Waals surface area contributed by atoms with Crippen LogP contribution in [0.1, 0.15) is 59.3 Å². The maximum absolute atomic E-state index is 5.56. The quantitative estimate of drug-likeness (QED) is 0.643. The average molecular weight is 257 g/mol. The first-order chi connectivity index (χ1) is 8.81. The average Bonchev–Trinajstić information content (AvgIpc) is 2.40. The summed E-state index contributed by atoms with van der Waals surface area (Å²) in [5, 5.41) is 3.71. The van der Waals surface area contributed by atoms with Crippen molar-refractivity contribution in [2.24, 2.45) is 5.92 Å². The van der Waals surface area contributed by atoms with Gasteiger partial charge in [-0.05, 0) is 32.6 Å². The van der Waals surface area contributed by atoms with Crippen LogP contribution >= 0.6 is 0 Å². The lowest BCUT2D eigenvalue weighted by Gasteiger charge is -2.32. The Morgan fingerprint density at radius 3 is 2.33 bits per heavy atom. The van der Waals surface area contributed by atoms with Crippen LogP contribution in [-0.4, -0.2) is 32.1 Å². The summed E-state index contributed by atoms with van der Waals surface area (Å²) in [5.74, 6) is 0.872. The molecule has 0 amide bonds. The molecule has 1 aliphatic carbocycles. The van der Waals surface area contributed by atoms with Gasteiger partial charge in [-0.3, -0.25) is 0 Å². The Morgan fingerprint density at radius 1 is 1.06 bits per heavy atom. The van der Waals surface area contributed by atoms with Crippen molar-refractivity contribution < 1.29 is 9.47 Å². The fourth-order valence-corrected chi connectivity index (χ4v) is 2.94. The van der Waals surface area contributed by atoms with Gasteiger partial charge in [-0.2, -0.15) is 0 Å². The summed E-state index contributed by atoms with van der Waals surface area (Å²) in [6, 6.07) is 0.715. The monoisotopic (exact) mass is 257 g/mol. The summed E-state index contributed by atoms with van der Waals surface area (Å²) in [6.45, 7) is 8.82. The maximum Gasteiger partial charge on any atom is 0.158 e. The SMILES string of the molecule is CCOC(CCNC1CCCCC1CC)OCC. The molecule has 2 atom stereocenters. The number of hydrogen-bond acceptors (Lipinski definition) is 3. The highest BCUT2D eigenvalue weighted by Gasteiger charge is 2.23. The molecule has 0 heterocycles. The standard InChI is InChI=1S/C15H31NO2/c1-4-13-9-7-8-10-14(13)16-12-11-15(17-5-2)18-6-3/h13-16H,4-12H2,1-3H3. The van der Waals surface area contributed by atoms with Crippen molar-refractivity contribution in [1.82, 2.24) is 5.32 Å². The van der Waals surface area contributed by atoms with Gasteiger partial charge >= 0.3 is 0 Å². The molecule has 0 aliphatic heterocycles. The largest absolute Gasteiger partial charge is 0.353 e. The van der Waals surface area contributed by atoms with E-state index in [2.05, 4.69) is 12.2 Å². The summed E-state index contributed by atoms with van der Waals surface area (Å²) in [7, 11) is 0. The molecule has 0 aromatic rings. The van der Waals surface area contributed by atoms with Crippen LogP contribution in [0.3, 0.4) is 0 Å². The molecule has 18 heavy (non-hydrogen) atoms. The van der Waals surface area contributed by atoms with E-state index in [1.807, 2.05) is 13.8 Å². The highest BCUT2D eigenvalue weighted by Crippen LogP contribution is 2.26. The molecule has 1 fully saturated rings. The van der Waals surface area contributed by atoms with Crippen molar-refractivity contribution in [1.29, 1.82) is 0 Å². The van der Waals surface area contributed by atoms with Gasteiger partial charge in [0.25, 0.3) is 0 Å². The molecule has 0 saturated heterocycles. The summed E-state index contributed by atoms with van der Waals surface area (Å²) in [6.07, 6.45) is 7.76. The molecule has 0 aromatic heterocycles. The van der Waals surface area contributed by atoms with Crippen LogP contribution in [-0.2, 0) is 9.47 Å². The second kappa shape index (κ2) is 9.76. The molecule has 0 radical (unpaired) electrons. The van der Waals surface area contributed by atoms with E-state index < -0.39 is 0 Å². The topological polar surface area (TPSA) is 30.5 Å². The molecule has 0 bridgehead atoms. The van der Waals surface area contributed by atoms with Crippen molar-refractivity contribution >= 4 is 0 Å². The minimum atomic E-state index is -0.0313. The normalized spacial score (nSPS) is 24.7. The molecule has 3 nitrogen and oxygen atoms in total. The Kier molecular flexibility index (Phi) is 8.64. The Morgan fingerprint density at radius 2 is 1.72 bits per heavy atom. The second-order valence-electron chi connectivity index (χ2n) is 5.14. The zero-order valence-electron chi connectivity index (χ0n) is 12.4. The lowest BCUT2D eigenvalue weighted by atomic mass is 9.83. The highest BCUT2D eigenvalue weighted by molar-refractivity contribution is 4.80. The maximum atomic E-state index is 5.56. The van der Waals surface area contributed by atoms with Crippen molar-refractivity contribution in [2.75, 3.05) is 19.8 Å². The summed E-state index contributed by atoms with van der Waals surface area (Å²) >= 11 is 0. The fourth-order valence-electron chi connectivity index (χ4n) is 2.94. The van der Waals surface area contributed by atoms with Crippen molar-refractivity contribution in [2.45, 2.75) is 71.6 Å². The van der Waals surface area contributed by atoms with Gasteiger partial charge in [-0.25, -0.2) is 0 Å². The van der Waals surface area contributed by atoms with E-state index in [0.717, 1.165) is 32.1 Å². The minimum Gasteiger partial charge on any atom is -0.353 e. The van der Waals surface area contributed by atoms with Gasteiger partial charge in [-0.15, -0.1) is 0 Å². The molecular weight excluding hydrogens is 226 g/mol. The van der Waals surface area contributed by atoms with Crippen molar-refractivity contribution in [3.63, 3.8) is 0 Å². The molecule has 1 aliphatic rings. The summed E-state index contributed by atoms with van der Waals surface area (Å²) in [4.78, 5) is 0. The predicted molar refractivity (Wildman–Crippen MR) is 75.7 cm³/mol. The molecular formula is C15H31NO2. The van der Waals surface area contributed by atoms with Gasteiger partial charge in [-0.1, -0.05) is 26.2 Å². The summed E-state index contributed by atoms with van der Waals surface area (Å²) < 4.78 is 11.1. The van der Waals surface area contributed by atoms with Gasteiger partial charge in [0.05, 0.1) is 0 Å². The van der Waals surface area contributed by atoms with Crippen LogP contribution in [0, 0.1) is 5.92 Å². The minimum absolute atomic E-state index is 0.0313. The Hall–Kier alpha value is -0.120. The molecule has 0 aromatic carbocycles. The first kappa shape index (κ1) is 15.9. The first-order valence-electron chi connectivity index (χ1n) is 7.78. The zero-order valence-corrected chi connectivity index (χ0v) is 12.4.